The van der Waals surface area contributed by atoms with Crippen molar-refractivity contribution in [3.63, 3.8) is 0 Å². The first-order chi connectivity index (χ1) is 15.8. The van der Waals surface area contributed by atoms with E-state index in [1.807, 2.05) is 42.5 Å². The highest BCUT2D eigenvalue weighted by Gasteiger charge is 2.27. The van der Waals surface area contributed by atoms with Gasteiger partial charge in [-0.05, 0) is 55.3 Å². The minimum absolute atomic E-state index is 0.0378. The van der Waals surface area contributed by atoms with Crippen LogP contribution in [0, 0.1) is 5.92 Å². The Morgan fingerprint density at radius 2 is 2.00 bits per heavy atom. The van der Waals surface area contributed by atoms with Gasteiger partial charge in [-0.15, -0.1) is 0 Å². The van der Waals surface area contributed by atoms with Crippen molar-refractivity contribution in [1.82, 2.24) is 14.9 Å². The lowest BCUT2D eigenvalue weighted by Crippen LogP contribution is -2.40. The van der Waals surface area contributed by atoms with Gasteiger partial charge in [0.05, 0.1) is 17.8 Å². The number of nitrogens with one attached hydrogen (secondary N) is 2. The van der Waals surface area contributed by atoms with Crippen LogP contribution in [0.4, 0.5) is 5.69 Å². The van der Waals surface area contributed by atoms with Crippen LogP contribution in [0.2, 0.25) is 0 Å². The molecule has 1 atom stereocenters. The van der Waals surface area contributed by atoms with Gasteiger partial charge in [0.2, 0.25) is 5.91 Å². The Balaban J connectivity index is 1.25. The second-order valence-electron chi connectivity index (χ2n) is 8.21. The Morgan fingerprint density at radius 1 is 1.12 bits per heavy atom. The van der Waals surface area contributed by atoms with Gasteiger partial charge in [-0.25, -0.2) is 0 Å². The van der Waals surface area contributed by atoms with E-state index in [1.165, 1.54) is 10.9 Å². The Kier molecular flexibility index (Phi) is 5.85. The highest BCUT2D eigenvalue weighted by atomic mass is 16.5. The lowest BCUT2D eigenvalue weighted by Gasteiger charge is -2.32. The summed E-state index contributed by atoms with van der Waals surface area (Å²) in [6, 6.07) is 19.5. The molecular formula is C26H26N4O2. The molecule has 0 aliphatic carbocycles. The number of para-hydroxylation sites is 3. The largest absolute Gasteiger partial charge is 0.454 e. The van der Waals surface area contributed by atoms with Gasteiger partial charge in [0.1, 0.15) is 5.75 Å². The zero-order valence-electron chi connectivity index (χ0n) is 17.8. The van der Waals surface area contributed by atoms with Crippen LogP contribution < -0.4 is 10.1 Å². The molecule has 0 radical (unpaired) electrons. The molecule has 1 fully saturated rings. The average Bonchev–Trinajstić information content (AvgIpc) is 3.24. The van der Waals surface area contributed by atoms with Crippen LogP contribution in [-0.2, 0) is 11.3 Å². The van der Waals surface area contributed by atoms with Crippen LogP contribution in [0.5, 0.6) is 11.5 Å². The summed E-state index contributed by atoms with van der Waals surface area (Å²) in [5.41, 5.74) is 3.10. The average molecular weight is 427 g/mol. The Hall–Kier alpha value is -3.64. The van der Waals surface area contributed by atoms with Gasteiger partial charge >= 0.3 is 0 Å². The number of anilines is 1. The molecule has 2 aromatic heterocycles. The van der Waals surface area contributed by atoms with Crippen molar-refractivity contribution in [1.29, 1.82) is 0 Å². The summed E-state index contributed by atoms with van der Waals surface area (Å²) in [4.78, 5) is 22.9. The topological polar surface area (TPSA) is 70.2 Å². The van der Waals surface area contributed by atoms with E-state index in [0.717, 1.165) is 38.0 Å². The number of ether oxygens (including phenoxy) is 1. The van der Waals surface area contributed by atoms with Crippen LogP contribution in [0.1, 0.15) is 18.4 Å². The third kappa shape index (κ3) is 4.50. The number of aromatic nitrogens is 2. The van der Waals surface area contributed by atoms with Gasteiger partial charge in [-0.2, -0.15) is 0 Å². The molecule has 1 amide bonds. The number of pyridine rings is 1. The van der Waals surface area contributed by atoms with Gasteiger partial charge in [0.15, 0.2) is 5.75 Å². The number of fused-ring (bicyclic) bond motifs is 1. The van der Waals surface area contributed by atoms with Crippen LogP contribution in [-0.4, -0.2) is 33.9 Å². The number of nitrogens with zero attached hydrogens (tertiary/aromatic N) is 2. The Bertz CT molecular complexity index is 1200. The fourth-order valence-corrected chi connectivity index (χ4v) is 4.34. The Morgan fingerprint density at radius 3 is 2.91 bits per heavy atom. The third-order valence-corrected chi connectivity index (χ3v) is 5.95. The van der Waals surface area contributed by atoms with Crippen LogP contribution in [0.25, 0.3) is 10.9 Å². The fourth-order valence-electron chi connectivity index (χ4n) is 4.34. The molecule has 162 valence electrons. The van der Waals surface area contributed by atoms with E-state index in [-0.39, 0.29) is 11.8 Å². The first-order valence-corrected chi connectivity index (χ1v) is 11.0. The summed E-state index contributed by atoms with van der Waals surface area (Å²) in [6.07, 6.45) is 7.34. The highest BCUT2D eigenvalue weighted by Crippen LogP contribution is 2.30. The number of benzene rings is 2. The molecule has 0 spiro atoms. The lowest BCUT2D eigenvalue weighted by molar-refractivity contribution is -0.121. The summed E-state index contributed by atoms with van der Waals surface area (Å²) < 4.78 is 5.94. The normalized spacial score (nSPS) is 16.7. The standard InChI is InChI=1S/C26H26N4O2/c31-26(29-24-11-3-4-12-25(24)32-21-8-5-13-27-16-21)19-7-6-14-30(17-19)18-20-15-28-23-10-2-1-9-22(20)23/h1-5,8-13,15-16,19,28H,6-7,14,17-18H2,(H,29,31). The van der Waals surface area contributed by atoms with E-state index in [1.54, 1.807) is 12.4 Å². The second-order valence-corrected chi connectivity index (χ2v) is 8.21. The van der Waals surface area contributed by atoms with Crippen molar-refractivity contribution in [3.8, 4) is 11.5 Å². The van der Waals surface area contributed by atoms with E-state index in [0.29, 0.717) is 17.2 Å². The van der Waals surface area contributed by atoms with Gasteiger partial charge in [-0.1, -0.05) is 30.3 Å². The number of likely N-dealkylation sites (tertiary alicyclic amines) is 1. The van der Waals surface area contributed by atoms with Crippen LogP contribution in [0.3, 0.4) is 0 Å². The maximum absolute atomic E-state index is 13.1. The van der Waals surface area contributed by atoms with Crippen molar-refractivity contribution in [2.75, 3.05) is 18.4 Å². The minimum atomic E-state index is -0.0552. The summed E-state index contributed by atoms with van der Waals surface area (Å²) in [7, 11) is 0. The Labute approximate surface area is 187 Å². The molecule has 0 bridgehead atoms. The van der Waals surface area contributed by atoms with E-state index in [9.17, 15) is 4.79 Å². The van der Waals surface area contributed by atoms with Crippen molar-refractivity contribution < 1.29 is 9.53 Å². The lowest BCUT2D eigenvalue weighted by atomic mass is 9.96. The van der Waals surface area contributed by atoms with Gasteiger partial charge in [-0.3, -0.25) is 14.7 Å². The van der Waals surface area contributed by atoms with E-state index in [2.05, 4.69) is 44.6 Å². The summed E-state index contributed by atoms with van der Waals surface area (Å²) in [5, 5.41) is 4.34. The van der Waals surface area contributed by atoms with Crippen LogP contribution in [0.15, 0.2) is 79.3 Å². The van der Waals surface area contributed by atoms with Gasteiger partial charge in [0.25, 0.3) is 0 Å². The minimum Gasteiger partial charge on any atom is -0.454 e. The zero-order chi connectivity index (χ0) is 21.8. The highest BCUT2D eigenvalue weighted by molar-refractivity contribution is 5.94. The number of amides is 1. The maximum Gasteiger partial charge on any atom is 0.228 e. The molecule has 2 aromatic carbocycles. The number of hydrogen-bond donors (Lipinski definition) is 2. The van der Waals surface area contributed by atoms with Crippen molar-refractivity contribution in [3.05, 3.63) is 84.8 Å². The van der Waals surface area contributed by atoms with Gasteiger partial charge in [0, 0.05) is 36.4 Å². The molecule has 1 aliphatic heterocycles. The molecule has 1 aliphatic rings. The molecule has 1 unspecified atom stereocenters. The molecule has 2 N–H and O–H groups in total. The van der Waals surface area contributed by atoms with Crippen molar-refractivity contribution in [2.24, 2.45) is 5.92 Å². The zero-order valence-corrected chi connectivity index (χ0v) is 17.8. The molecule has 6 heteroatoms. The molecule has 32 heavy (non-hydrogen) atoms. The van der Waals surface area contributed by atoms with Gasteiger partial charge < -0.3 is 15.0 Å². The van der Waals surface area contributed by atoms with E-state index >= 15 is 0 Å². The molecule has 4 aromatic rings. The second kappa shape index (κ2) is 9.24. The fraction of sp³-hybridized carbons (Fsp3) is 0.231. The molecule has 5 rings (SSSR count). The molecule has 0 saturated carbocycles. The molecule has 1 saturated heterocycles. The number of rotatable bonds is 6. The van der Waals surface area contributed by atoms with Crippen molar-refractivity contribution >= 4 is 22.5 Å². The number of hydrogen-bond acceptors (Lipinski definition) is 4. The first-order valence-electron chi connectivity index (χ1n) is 11.0. The number of H-pyrrole nitrogens is 1. The predicted molar refractivity (Wildman–Crippen MR) is 126 cm³/mol. The monoisotopic (exact) mass is 426 g/mol. The number of carbonyl (C=O) groups excluding carboxylic acids is 1. The van der Waals surface area contributed by atoms with Crippen molar-refractivity contribution in [2.45, 2.75) is 19.4 Å². The van der Waals surface area contributed by atoms with E-state index in [4.69, 9.17) is 4.74 Å². The first kappa shape index (κ1) is 20.3. The quantitative estimate of drug-likeness (QED) is 0.444. The van der Waals surface area contributed by atoms with Crippen LogP contribution >= 0.6 is 0 Å². The van der Waals surface area contributed by atoms with E-state index < -0.39 is 0 Å². The summed E-state index contributed by atoms with van der Waals surface area (Å²) >= 11 is 0. The molecule has 6 nitrogen and oxygen atoms in total. The summed E-state index contributed by atoms with van der Waals surface area (Å²) in [6.45, 7) is 2.59. The number of aromatic amines is 1. The molecular weight excluding hydrogens is 400 g/mol. The SMILES string of the molecule is O=C(Nc1ccccc1Oc1cccnc1)C1CCCN(Cc2c[nH]c3ccccc23)C1. The number of carbonyl (C=O) groups is 1. The molecule has 3 heterocycles. The smallest absolute Gasteiger partial charge is 0.228 e. The maximum atomic E-state index is 13.1. The third-order valence-electron chi connectivity index (χ3n) is 5.95. The number of piperidine rings is 1. The predicted octanol–water partition coefficient (Wildman–Crippen LogP) is 5.21. The summed E-state index contributed by atoms with van der Waals surface area (Å²) in [5.74, 6) is 1.23.